The number of aliphatic imine (C=N–C) groups is 1. The maximum absolute atomic E-state index is 13.8. The summed E-state index contributed by atoms with van der Waals surface area (Å²) in [6.45, 7) is 0.383. The van der Waals surface area contributed by atoms with Crippen LogP contribution in [-0.2, 0) is 14.4 Å². The minimum atomic E-state index is -4.58. The zero-order chi connectivity index (χ0) is 29.1. The molecule has 3 amide bonds. The molecule has 3 atom stereocenters. The van der Waals surface area contributed by atoms with Crippen molar-refractivity contribution in [3.05, 3.63) is 95.6 Å². The standard InChI is InChI=1S/C30H27F3N4O4/c31-30(32,33)15-14-20(23(26(34)38)18-8-3-1-4-9-18)28(39)36-27-29(40)37-16-17-41-22-13-7-12-21(25(22)37)24(35-27)19-10-5-2-6-11-19/h1-13,20,23,27H,14-17H2,(H2,34,38)(H,36,39)/t20?,23?,27-/m1/s1. The Kier molecular flexibility index (Phi) is 7.78. The third kappa shape index (κ3) is 5.93. The van der Waals surface area contributed by atoms with Crippen molar-refractivity contribution < 1.29 is 32.3 Å². The van der Waals surface area contributed by atoms with Gasteiger partial charge in [0.05, 0.1) is 29.8 Å². The number of primary amides is 1. The van der Waals surface area contributed by atoms with Gasteiger partial charge in [-0.25, -0.2) is 4.99 Å². The number of rotatable bonds is 8. The second kappa shape index (κ2) is 11.4. The van der Waals surface area contributed by atoms with E-state index < -0.39 is 54.7 Å². The molecule has 3 aromatic carbocycles. The van der Waals surface area contributed by atoms with Crippen molar-refractivity contribution in [2.75, 3.05) is 18.1 Å². The fourth-order valence-corrected chi connectivity index (χ4v) is 5.27. The van der Waals surface area contributed by atoms with Crippen LogP contribution in [0.2, 0.25) is 0 Å². The Morgan fingerprint density at radius 3 is 2.37 bits per heavy atom. The Bertz CT molecular complexity index is 1480. The molecular weight excluding hydrogens is 537 g/mol. The lowest BCUT2D eigenvalue weighted by Gasteiger charge is -2.31. The smallest absolute Gasteiger partial charge is 0.389 e. The number of hydrogen-bond acceptors (Lipinski definition) is 5. The Hall–Kier alpha value is -4.67. The Balaban J connectivity index is 1.56. The molecule has 3 N–H and O–H groups in total. The minimum Gasteiger partial charge on any atom is -0.490 e. The zero-order valence-electron chi connectivity index (χ0n) is 21.8. The number of carbonyl (C=O) groups is 3. The van der Waals surface area contributed by atoms with Gasteiger partial charge in [-0.3, -0.25) is 14.4 Å². The lowest BCUT2D eigenvalue weighted by atomic mass is 9.81. The highest BCUT2D eigenvalue weighted by Crippen LogP contribution is 2.39. The highest BCUT2D eigenvalue weighted by molar-refractivity contribution is 6.21. The number of nitrogens with zero attached hydrogens (tertiary/aromatic N) is 2. The van der Waals surface area contributed by atoms with Crippen LogP contribution in [0.15, 0.2) is 83.9 Å². The topological polar surface area (TPSA) is 114 Å². The number of ether oxygens (including phenoxy) is 1. The van der Waals surface area contributed by atoms with Crippen molar-refractivity contribution >= 4 is 29.1 Å². The Morgan fingerprint density at radius 2 is 1.71 bits per heavy atom. The molecule has 8 nitrogen and oxygen atoms in total. The van der Waals surface area contributed by atoms with E-state index in [1.54, 1.807) is 60.7 Å². The molecule has 0 saturated heterocycles. The first-order valence-electron chi connectivity index (χ1n) is 13.1. The van der Waals surface area contributed by atoms with Gasteiger partial charge in [0.25, 0.3) is 5.91 Å². The SMILES string of the molecule is NC(=O)C(c1ccccc1)C(CCC(F)(F)F)C(=O)N[C@H]1N=C(c2ccccc2)c2cccc3c2N(CCO3)C1=O. The first-order chi connectivity index (χ1) is 19.6. The van der Waals surface area contributed by atoms with Gasteiger partial charge in [-0.2, -0.15) is 13.2 Å². The van der Waals surface area contributed by atoms with Gasteiger partial charge >= 0.3 is 6.18 Å². The molecule has 2 heterocycles. The quantitative estimate of drug-likeness (QED) is 0.432. The van der Waals surface area contributed by atoms with Crippen molar-refractivity contribution in [2.45, 2.75) is 31.1 Å². The number of carbonyl (C=O) groups excluding carboxylic acids is 3. The molecule has 0 aliphatic carbocycles. The van der Waals surface area contributed by atoms with Crippen LogP contribution >= 0.6 is 0 Å². The average Bonchev–Trinajstić information content (AvgIpc) is 3.07. The molecule has 0 saturated carbocycles. The van der Waals surface area contributed by atoms with Crippen LogP contribution in [0.1, 0.15) is 35.4 Å². The molecule has 212 valence electrons. The summed E-state index contributed by atoms with van der Waals surface area (Å²) >= 11 is 0. The number of anilines is 1. The van der Waals surface area contributed by atoms with Gasteiger partial charge < -0.3 is 20.7 Å². The van der Waals surface area contributed by atoms with Gasteiger partial charge in [-0.1, -0.05) is 72.8 Å². The number of nitrogens with one attached hydrogen (secondary N) is 1. The molecule has 0 bridgehead atoms. The Morgan fingerprint density at radius 1 is 1.02 bits per heavy atom. The molecule has 0 spiro atoms. The van der Waals surface area contributed by atoms with Crippen LogP contribution in [0.3, 0.4) is 0 Å². The van der Waals surface area contributed by atoms with Crippen molar-refractivity contribution in [3.8, 4) is 5.75 Å². The highest BCUT2D eigenvalue weighted by Gasteiger charge is 2.41. The Labute approximate surface area is 234 Å². The fourth-order valence-electron chi connectivity index (χ4n) is 5.27. The van der Waals surface area contributed by atoms with Crippen molar-refractivity contribution in [1.29, 1.82) is 0 Å². The second-order valence-electron chi connectivity index (χ2n) is 9.80. The number of alkyl halides is 3. The third-order valence-corrected chi connectivity index (χ3v) is 7.12. The molecule has 2 aliphatic heterocycles. The van der Waals surface area contributed by atoms with Crippen molar-refractivity contribution in [3.63, 3.8) is 0 Å². The number of benzene rings is 3. The van der Waals surface area contributed by atoms with Crippen LogP contribution in [0.25, 0.3) is 0 Å². The van der Waals surface area contributed by atoms with Crippen molar-refractivity contribution in [1.82, 2.24) is 5.32 Å². The van der Waals surface area contributed by atoms with Gasteiger partial charge in [0.1, 0.15) is 12.4 Å². The summed E-state index contributed by atoms with van der Waals surface area (Å²) in [7, 11) is 0. The maximum atomic E-state index is 13.8. The molecule has 0 radical (unpaired) electrons. The number of nitrogens with two attached hydrogens (primary N) is 1. The second-order valence-corrected chi connectivity index (χ2v) is 9.80. The maximum Gasteiger partial charge on any atom is 0.389 e. The summed E-state index contributed by atoms with van der Waals surface area (Å²) in [4.78, 5) is 46.2. The summed E-state index contributed by atoms with van der Waals surface area (Å²) in [5, 5.41) is 2.56. The first kappa shape index (κ1) is 27.9. The van der Waals surface area contributed by atoms with Gasteiger partial charge in [-0.15, -0.1) is 0 Å². The van der Waals surface area contributed by atoms with Crippen LogP contribution in [0, 0.1) is 5.92 Å². The van der Waals surface area contributed by atoms with E-state index in [0.717, 1.165) is 0 Å². The van der Waals surface area contributed by atoms with E-state index >= 15 is 0 Å². The monoisotopic (exact) mass is 564 g/mol. The largest absolute Gasteiger partial charge is 0.490 e. The van der Waals surface area contributed by atoms with E-state index in [-0.39, 0.29) is 13.2 Å². The van der Waals surface area contributed by atoms with E-state index in [1.807, 2.05) is 6.07 Å². The lowest BCUT2D eigenvalue weighted by molar-refractivity contribution is -0.144. The highest BCUT2D eigenvalue weighted by atomic mass is 19.4. The van der Waals surface area contributed by atoms with Gasteiger partial charge in [-0.05, 0) is 18.1 Å². The summed E-state index contributed by atoms with van der Waals surface area (Å²) in [6, 6.07) is 22.2. The van der Waals surface area contributed by atoms with Gasteiger partial charge in [0.2, 0.25) is 18.0 Å². The normalized spacial score (nSPS) is 17.8. The van der Waals surface area contributed by atoms with E-state index in [9.17, 15) is 27.6 Å². The van der Waals surface area contributed by atoms with Crippen LogP contribution < -0.4 is 20.7 Å². The van der Waals surface area contributed by atoms with E-state index in [1.165, 1.54) is 17.0 Å². The summed E-state index contributed by atoms with van der Waals surface area (Å²) in [6.07, 6.45) is -8.10. The van der Waals surface area contributed by atoms with Gasteiger partial charge in [0.15, 0.2) is 0 Å². The number of amides is 3. The summed E-state index contributed by atoms with van der Waals surface area (Å²) in [5.74, 6) is -4.86. The molecule has 41 heavy (non-hydrogen) atoms. The molecule has 5 rings (SSSR count). The summed E-state index contributed by atoms with van der Waals surface area (Å²) in [5.41, 5.74) is 8.10. The number of para-hydroxylation sites is 1. The predicted molar refractivity (Wildman–Crippen MR) is 145 cm³/mol. The molecule has 2 aliphatic rings. The first-order valence-corrected chi connectivity index (χ1v) is 13.1. The van der Waals surface area contributed by atoms with Crippen LogP contribution in [0.5, 0.6) is 5.75 Å². The number of hydrogen-bond donors (Lipinski definition) is 2. The fraction of sp³-hybridized carbons (Fsp3) is 0.267. The average molecular weight is 565 g/mol. The van der Waals surface area contributed by atoms with E-state index in [0.29, 0.717) is 33.8 Å². The summed E-state index contributed by atoms with van der Waals surface area (Å²) < 4.78 is 45.7. The minimum absolute atomic E-state index is 0.179. The van der Waals surface area contributed by atoms with E-state index in [2.05, 4.69) is 10.3 Å². The predicted octanol–water partition coefficient (Wildman–Crippen LogP) is 3.93. The molecule has 3 aromatic rings. The molecule has 0 fully saturated rings. The molecule has 0 aromatic heterocycles. The molecule has 2 unspecified atom stereocenters. The van der Waals surface area contributed by atoms with E-state index in [4.69, 9.17) is 10.5 Å². The van der Waals surface area contributed by atoms with Crippen LogP contribution in [0.4, 0.5) is 18.9 Å². The third-order valence-electron chi connectivity index (χ3n) is 7.12. The zero-order valence-corrected chi connectivity index (χ0v) is 21.8. The lowest BCUT2D eigenvalue weighted by Crippen LogP contribution is -2.51. The van der Waals surface area contributed by atoms with Gasteiger partial charge in [0, 0.05) is 17.5 Å². The van der Waals surface area contributed by atoms with Crippen molar-refractivity contribution in [2.24, 2.45) is 16.6 Å². The molecular formula is C30H27F3N4O4. The van der Waals surface area contributed by atoms with Crippen LogP contribution in [-0.4, -0.2) is 48.9 Å². The number of halogens is 3. The molecule has 11 heteroatoms.